The molecule has 0 fully saturated rings. The molecule has 4 N–H and O–H groups in total. The SMILES string of the molecule is CCC(CCCCCCCCCCn1c(C)cc(=O)n1CCc1ccccc1)=C(N)N. The number of hydrogen-bond donors (Lipinski definition) is 2. The van der Waals surface area contributed by atoms with E-state index in [2.05, 4.69) is 35.9 Å². The highest BCUT2D eigenvalue weighted by Crippen LogP contribution is 2.15. The van der Waals surface area contributed by atoms with Crippen LogP contribution in [0.1, 0.15) is 82.4 Å². The van der Waals surface area contributed by atoms with E-state index in [9.17, 15) is 4.79 Å². The van der Waals surface area contributed by atoms with Gasteiger partial charge in [-0.15, -0.1) is 0 Å². The molecule has 0 amide bonds. The van der Waals surface area contributed by atoms with Gasteiger partial charge in [0.05, 0.1) is 5.82 Å². The van der Waals surface area contributed by atoms with E-state index in [-0.39, 0.29) is 5.56 Å². The second-order valence-corrected chi connectivity index (χ2v) is 8.60. The van der Waals surface area contributed by atoms with E-state index in [1.54, 1.807) is 6.07 Å². The maximum atomic E-state index is 12.4. The van der Waals surface area contributed by atoms with Gasteiger partial charge in [0.25, 0.3) is 5.56 Å². The third-order valence-electron chi connectivity index (χ3n) is 6.17. The van der Waals surface area contributed by atoms with Crippen LogP contribution in [0.3, 0.4) is 0 Å². The smallest absolute Gasteiger partial charge is 0.266 e. The Morgan fingerprint density at radius 1 is 0.839 bits per heavy atom. The summed E-state index contributed by atoms with van der Waals surface area (Å²) in [5.74, 6) is 0.519. The van der Waals surface area contributed by atoms with E-state index >= 15 is 0 Å². The van der Waals surface area contributed by atoms with E-state index in [1.165, 1.54) is 56.1 Å². The summed E-state index contributed by atoms with van der Waals surface area (Å²) < 4.78 is 4.09. The molecule has 1 aromatic heterocycles. The Morgan fingerprint density at radius 3 is 2.06 bits per heavy atom. The highest BCUT2D eigenvalue weighted by molar-refractivity contribution is 5.14. The van der Waals surface area contributed by atoms with Gasteiger partial charge in [0.15, 0.2) is 0 Å². The van der Waals surface area contributed by atoms with Crippen molar-refractivity contribution < 1.29 is 0 Å². The number of nitrogens with zero attached hydrogens (tertiary/aromatic N) is 2. The van der Waals surface area contributed by atoms with Crippen LogP contribution in [0.15, 0.2) is 52.6 Å². The molecule has 1 heterocycles. The van der Waals surface area contributed by atoms with E-state index in [4.69, 9.17) is 11.5 Å². The third-order valence-corrected chi connectivity index (χ3v) is 6.17. The summed E-state index contributed by atoms with van der Waals surface area (Å²) in [5, 5.41) is 0. The largest absolute Gasteiger partial charge is 0.386 e. The van der Waals surface area contributed by atoms with Gasteiger partial charge in [-0.2, -0.15) is 0 Å². The van der Waals surface area contributed by atoms with E-state index < -0.39 is 0 Å². The van der Waals surface area contributed by atoms with Crippen molar-refractivity contribution in [3.8, 4) is 0 Å². The van der Waals surface area contributed by atoms with Gasteiger partial charge in [0.1, 0.15) is 0 Å². The molecule has 5 nitrogen and oxygen atoms in total. The lowest BCUT2D eigenvalue weighted by atomic mass is 10.0. The van der Waals surface area contributed by atoms with Crippen LogP contribution in [0.2, 0.25) is 0 Å². The Balaban J connectivity index is 1.62. The lowest BCUT2D eigenvalue weighted by Crippen LogP contribution is -2.24. The quantitative estimate of drug-likeness (QED) is 0.382. The molecule has 0 saturated heterocycles. The molecule has 2 aromatic rings. The lowest BCUT2D eigenvalue weighted by Gasteiger charge is -2.14. The summed E-state index contributed by atoms with van der Waals surface area (Å²) in [5.41, 5.74) is 15.1. The van der Waals surface area contributed by atoms with Crippen molar-refractivity contribution in [2.24, 2.45) is 11.5 Å². The number of nitrogens with two attached hydrogens (primary N) is 2. The molecule has 0 unspecified atom stereocenters. The Labute approximate surface area is 188 Å². The number of hydrogen-bond acceptors (Lipinski definition) is 3. The van der Waals surface area contributed by atoms with Crippen LogP contribution in [0.4, 0.5) is 0 Å². The fraction of sp³-hybridized carbons (Fsp3) is 0.577. The molecule has 0 aliphatic heterocycles. The molecular formula is C26H42N4O. The van der Waals surface area contributed by atoms with Gasteiger partial charge in [0, 0.05) is 24.8 Å². The van der Waals surface area contributed by atoms with Crippen LogP contribution in [0, 0.1) is 6.92 Å². The number of rotatable bonds is 15. The van der Waals surface area contributed by atoms with Gasteiger partial charge in [-0.05, 0) is 50.2 Å². The predicted octanol–water partition coefficient (Wildman–Crippen LogP) is 5.25. The molecule has 2 rings (SSSR count). The number of benzene rings is 1. The Kier molecular flexibility index (Phi) is 11.0. The molecule has 0 aliphatic carbocycles. The van der Waals surface area contributed by atoms with Gasteiger partial charge >= 0.3 is 0 Å². The van der Waals surface area contributed by atoms with Crippen LogP contribution >= 0.6 is 0 Å². The van der Waals surface area contributed by atoms with Crippen LogP contribution in [0.25, 0.3) is 0 Å². The Hall–Kier alpha value is -2.43. The van der Waals surface area contributed by atoms with Crippen molar-refractivity contribution in [1.82, 2.24) is 9.36 Å². The normalized spacial score (nSPS) is 11.0. The molecule has 0 saturated carbocycles. The first-order chi connectivity index (χ1) is 15.0. The van der Waals surface area contributed by atoms with Crippen molar-refractivity contribution in [3.05, 3.63) is 69.4 Å². The molecule has 0 bridgehead atoms. The number of aromatic nitrogens is 2. The molecular weight excluding hydrogens is 384 g/mol. The molecule has 5 heteroatoms. The molecule has 1 aromatic carbocycles. The second-order valence-electron chi connectivity index (χ2n) is 8.60. The van der Waals surface area contributed by atoms with Crippen molar-refractivity contribution in [1.29, 1.82) is 0 Å². The summed E-state index contributed by atoms with van der Waals surface area (Å²) in [7, 11) is 0. The van der Waals surface area contributed by atoms with Crippen molar-refractivity contribution in [2.75, 3.05) is 0 Å². The number of unbranched alkanes of at least 4 members (excludes halogenated alkanes) is 7. The van der Waals surface area contributed by atoms with Crippen LogP contribution in [0.5, 0.6) is 0 Å². The lowest BCUT2D eigenvalue weighted by molar-refractivity contribution is 0.415. The minimum Gasteiger partial charge on any atom is -0.386 e. The number of aryl methyl sites for hydroxylation is 2. The van der Waals surface area contributed by atoms with Crippen LogP contribution in [-0.4, -0.2) is 9.36 Å². The third kappa shape index (κ3) is 8.68. The monoisotopic (exact) mass is 426 g/mol. The van der Waals surface area contributed by atoms with Gasteiger partial charge in [-0.3, -0.25) is 14.2 Å². The highest BCUT2D eigenvalue weighted by Gasteiger charge is 2.08. The molecule has 0 aliphatic rings. The number of allylic oxidation sites excluding steroid dienone is 1. The second kappa shape index (κ2) is 13.8. The maximum absolute atomic E-state index is 12.4. The van der Waals surface area contributed by atoms with Gasteiger partial charge < -0.3 is 11.5 Å². The van der Waals surface area contributed by atoms with Gasteiger partial charge in [0.2, 0.25) is 0 Å². The maximum Gasteiger partial charge on any atom is 0.266 e. The summed E-state index contributed by atoms with van der Waals surface area (Å²) in [6.45, 7) is 5.82. The predicted molar refractivity (Wildman–Crippen MR) is 131 cm³/mol. The topological polar surface area (TPSA) is 79.0 Å². The molecule has 0 radical (unpaired) electrons. The van der Waals surface area contributed by atoms with Gasteiger partial charge in [-0.1, -0.05) is 75.8 Å². The highest BCUT2D eigenvalue weighted by atomic mass is 16.1. The molecule has 172 valence electrons. The average molecular weight is 427 g/mol. The molecule has 31 heavy (non-hydrogen) atoms. The Morgan fingerprint density at radius 2 is 1.45 bits per heavy atom. The average Bonchev–Trinajstić information content (AvgIpc) is 3.03. The zero-order chi connectivity index (χ0) is 22.5. The van der Waals surface area contributed by atoms with Crippen LogP contribution < -0.4 is 17.0 Å². The van der Waals surface area contributed by atoms with E-state index in [0.29, 0.717) is 5.82 Å². The minimum absolute atomic E-state index is 0.117. The standard InChI is InChI=1S/C26H42N4O/c1-3-24(26(27)28)17-13-8-6-4-5-7-9-14-19-29-22(2)21-25(31)30(29)20-18-23-15-11-10-12-16-23/h10-12,15-16,21H,3-9,13-14,17-20,27-28H2,1-2H3. The first kappa shape index (κ1) is 24.8. The minimum atomic E-state index is 0.117. The van der Waals surface area contributed by atoms with Crippen molar-refractivity contribution in [2.45, 2.75) is 97.6 Å². The zero-order valence-electron chi connectivity index (χ0n) is 19.6. The molecule has 0 atom stereocenters. The summed E-state index contributed by atoms with van der Waals surface area (Å²) in [6, 6.07) is 12.1. The summed E-state index contributed by atoms with van der Waals surface area (Å²) in [4.78, 5) is 12.4. The van der Waals surface area contributed by atoms with Crippen molar-refractivity contribution >= 4 is 0 Å². The van der Waals surface area contributed by atoms with E-state index in [0.717, 1.165) is 44.5 Å². The van der Waals surface area contributed by atoms with E-state index in [1.807, 2.05) is 17.7 Å². The molecule has 0 spiro atoms. The van der Waals surface area contributed by atoms with Gasteiger partial charge in [-0.25, -0.2) is 0 Å². The summed E-state index contributed by atoms with van der Waals surface area (Å²) in [6.07, 6.45) is 12.8. The summed E-state index contributed by atoms with van der Waals surface area (Å²) >= 11 is 0. The first-order valence-corrected chi connectivity index (χ1v) is 12.1. The Bertz CT molecular complexity index is 844. The zero-order valence-corrected chi connectivity index (χ0v) is 19.6. The first-order valence-electron chi connectivity index (χ1n) is 12.1. The fourth-order valence-corrected chi connectivity index (χ4v) is 4.23. The van der Waals surface area contributed by atoms with Crippen molar-refractivity contribution in [3.63, 3.8) is 0 Å². The van der Waals surface area contributed by atoms with Crippen LogP contribution in [-0.2, 0) is 19.5 Å². The fourth-order valence-electron chi connectivity index (χ4n) is 4.23.